The van der Waals surface area contributed by atoms with Crippen LogP contribution in [-0.2, 0) is 4.79 Å². The SMILES string of the molecule is CC(=O)N1CC[C@@H](N)[C@@H](F)C1. The summed E-state index contributed by atoms with van der Waals surface area (Å²) in [6.07, 6.45) is -0.478. The highest BCUT2D eigenvalue weighted by Crippen LogP contribution is 2.11. The number of rotatable bonds is 0. The summed E-state index contributed by atoms with van der Waals surface area (Å²) >= 11 is 0. The van der Waals surface area contributed by atoms with Gasteiger partial charge in [0.05, 0.1) is 6.54 Å². The van der Waals surface area contributed by atoms with Gasteiger partial charge in [-0.05, 0) is 6.42 Å². The van der Waals surface area contributed by atoms with E-state index in [1.165, 1.54) is 11.8 Å². The lowest BCUT2D eigenvalue weighted by Crippen LogP contribution is -2.49. The van der Waals surface area contributed by atoms with Crippen molar-refractivity contribution < 1.29 is 9.18 Å². The van der Waals surface area contributed by atoms with Crippen LogP contribution in [0.3, 0.4) is 0 Å². The van der Waals surface area contributed by atoms with E-state index in [9.17, 15) is 9.18 Å². The largest absolute Gasteiger partial charge is 0.340 e. The third-order valence-corrected chi connectivity index (χ3v) is 2.04. The van der Waals surface area contributed by atoms with Crippen molar-refractivity contribution in [3.05, 3.63) is 0 Å². The fourth-order valence-electron chi connectivity index (χ4n) is 1.21. The van der Waals surface area contributed by atoms with Crippen LogP contribution in [0.5, 0.6) is 0 Å². The van der Waals surface area contributed by atoms with Gasteiger partial charge in [-0.3, -0.25) is 4.79 Å². The number of nitrogens with two attached hydrogens (primary N) is 1. The Balaban J connectivity index is 2.46. The van der Waals surface area contributed by atoms with Crippen LogP contribution in [0.15, 0.2) is 0 Å². The summed E-state index contributed by atoms with van der Waals surface area (Å²) in [5.41, 5.74) is 5.43. The predicted octanol–water partition coefficient (Wildman–Crippen LogP) is -0.0960. The Hall–Kier alpha value is -0.640. The molecule has 3 nitrogen and oxygen atoms in total. The summed E-state index contributed by atoms with van der Waals surface area (Å²) in [5, 5.41) is 0. The second-order valence-electron chi connectivity index (χ2n) is 2.93. The van der Waals surface area contributed by atoms with Crippen LogP contribution in [0.4, 0.5) is 4.39 Å². The van der Waals surface area contributed by atoms with Crippen molar-refractivity contribution in [1.82, 2.24) is 4.90 Å². The molecule has 0 spiro atoms. The molecule has 2 N–H and O–H groups in total. The fourth-order valence-corrected chi connectivity index (χ4v) is 1.21. The number of hydrogen-bond donors (Lipinski definition) is 1. The monoisotopic (exact) mass is 160 g/mol. The van der Waals surface area contributed by atoms with Gasteiger partial charge in [0.15, 0.2) is 0 Å². The third kappa shape index (κ3) is 1.89. The molecule has 1 aliphatic rings. The number of likely N-dealkylation sites (tertiary alicyclic amines) is 1. The molecule has 1 rings (SSSR count). The van der Waals surface area contributed by atoms with Crippen LogP contribution in [-0.4, -0.2) is 36.1 Å². The Bertz CT molecular complexity index is 163. The number of hydrogen-bond acceptors (Lipinski definition) is 2. The first-order valence-corrected chi connectivity index (χ1v) is 3.76. The van der Waals surface area contributed by atoms with E-state index in [0.29, 0.717) is 13.0 Å². The van der Waals surface area contributed by atoms with Gasteiger partial charge >= 0.3 is 0 Å². The van der Waals surface area contributed by atoms with Gasteiger partial charge in [-0.25, -0.2) is 4.39 Å². The Morgan fingerprint density at radius 1 is 1.73 bits per heavy atom. The van der Waals surface area contributed by atoms with Gasteiger partial charge in [-0.1, -0.05) is 0 Å². The summed E-state index contributed by atoms with van der Waals surface area (Å²) in [5.74, 6) is -0.0699. The highest BCUT2D eigenvalue weighted by atomic mass is 19.1. The average Bonchev–Trinajstić information content (AvgIpc) is 1.94. The molecule has 0 radical (unpaired) electrons. The average molecular weight is 160 g/mol. The minimum atomic E-state index is -1.05. The molecule has 1 heterocycles. The lowest BCUT2D eigenvalue weighted by Gasteiger charge is -2.31. The van der Waals surface area contributed by atoms with Crippen LogP contribution in [0.2, 0.25) is 0 Å². The summed E-state index contributed by atoms with van der Waals surface area (Å²) in [7, 11) is 0. The number of carbonyl (C=O) groups is 1. The second kappa shape index (κ2) is 3.17. The zero-order valence-corrected chi connectivity index (χ0v) is 6.59. The number of amides is 1. The van der Waals surface area contributed by atoms with Crippen molar-refractivity contribution in [2.24, 2.45) is 5.73 Å². The Morgan fingerprint density at radius 3 is 2.82 bits per heavy atom. The minimum absolute atomic E-state index is 0.0699. The molecule has 0 aliphatic carbocycles. The Kier molecular flexibility index (Phi) is 2.44. The maximum Gasteiger partial charge on any atom is 0.219 e. The third-order valence-electron chi connectivity index (χ3n) is 2.04. The number of nitrogens with zero attached hydrogens (tertiary/aromatic N) is 1. The van der Waals surface area contributed by atoms with Gasteiger partial charge in [-0.2, -0.15) is 0 Å². The normalized spacial score (nSPS) is 32.1. The Morgan fingerprint density at radius 2 is 2.36 bits per heavy atom. The van der Waals surface area contributed by atoms with E-state index in [0.717, 1.165) is 0 Å². The van der Waals surface area contributed by atoms with Crippen molar-refractivity contribution >= 4 is 5.91 Å². The molecular formula is C7H13FN2O. The molecule has 0 unspecified atom stereocenters. The van der Waals surface area contributed by atoms with Crippen LogP contribution in [0.25, 0.3) is 0 Å². The number of halogens is 1. The molecular weight excluding hydrogens is 147 g/mol. The molecule has 1 amide bonds. The zero-order valence-electron chi connectivity index (χ0n) is 6.59. The first-order valence-electron chi connectivity index (χ1n) is 3.76. The van der Waals surface area contributed by atoms with E-state index in [1.807, 2.05) is 0 Å². The zero-order chi connectivity index (χ0) is 8.43. The van der Waals surface area contributed by atoms with Gasteiger partial charge in [0.25, 0.3) is 0 Å². The molecule has 0 bridgehead atoms. The summed E-state index contributed by atoms with van der Waals surface area (Å²) in [4.78, 5) is 12.3. The molecule has 4 heteroatoms. The summed E-state index contributed by atoms with van der Waals surface area (Å²) in [6.45, 7) is 2.21. The van der Waals surface area contributed by atoms with E-state index >= 15 is 0 Å². The van der Waals surface area contributed by atoms with Crippen LogP contribution in [0, 0.1) is 0 Å². The van der Waals surface area contributed by atoms with Crippen molar-refractivity contribution in [1.29, 1.82) is 0 Å². The molecule has 0 aromatic rings. The number of alkyl halides is 1. The lowest BCUT2D eigenvalue weighted by molar-refractivity contribution is -0.131. The maximum absolute atomic E-state index is 12.9. The van der Waals surface area contributed by atoms with Crippen LogP contribution in [0.1, 0.15) is 13.3 Å². The molecule has 0 aromatic carbocycles. The van der Waals surface area contributed by atoms with Crippen LogP contribution >= 0.6 is 0 Å². The molecule has 64 valence electrons. The number of carbonyl (C=O) groups excluding carboxylic acids is 1. The van der Waals surface area contributed by atoms with Gasteiger partial charge < -0.3 is 10.6 Å². The van der Waals surface area contributed by atoms with E-state index in [4.69, 9.17) is 5.73 Å². The quantitative estimate of drug-likeness (QED) is 0.538. The fraction of sp³-hybridized carbons (Fsp3) is 0.857. The van der Waals surface area contributed by atoms with Crippen molar-refractivity contribution in [2.75, 3.05) is 13.1 Å². The second-order valence-corrected chi connectivity index (χ2v) is 2.93. The minimum Gasteiger partial charge on any atom is -0.340 e. The molecule has 0 saturated carbocycles. The smallest absolute Gasteiger partial charge is 0.219 e. The standard InChI is InChI=1S/C7H13FN2O/c1-5(11)10-3-2-7(9)6(8)4-10/h6-7H,2-4,9H2,1H3/t6-,7+/m0/s1. The van der Waals surface area contributed by atoms with E-state index in [2.05, 4.69) is 0 Å². The molecule has 1 saturated heterocycles. The highest BCUT2D eigenvalue weighted by Gasteiger charge is 2.27. The molecule has 1 aliphatic heterocycles. The van der Waals surface area contributed by atoms with E-state index in [1.54, 1.807) is 0 Å². The van der Waals surface area contributed by atoms with Gasteiger partial charge in [0.2, 0.25) is 5.91 Å². The van der Waals surface area contributed by atoms with Gasteiger partial charge in [0.1, 0.15) is 6.17 Å². The highest BCUT2D eigenvalue weighted by molar-refractivity contribution is 5.73. The van der Waals surface area contributed by atoms with Gasteiger partial charge in [-0.15, -0.1) is 0 Å². The van der Waals surface area contributed by atoms with Crippen LogP contribution < -0.4 is 5.73 Å². The van der Waals surface area contributed by atoms with Crippen molar-refractivity contribution in [3.63, 3.8) is 0 Å². The molecule has 0 aromatic heterocycles. The number of piperidine rings is 1. The Labute approximate surface area is 65.3 Å². The molecule has 2 atom stereocenters. The van der Waals surface area contributed by atoms with E-state index in [-0.39, 0.29) is 18.5 Å². The lowest BCUT2D eigenvalue weighted by atomic mass is 10.0. The predicted molar refractivity (Wildman–Crippen MR) is 39.7 cm³/mol. The maximum atomic E-state index is 12.9. The summed E-state index contributed by atoms with van der Waals surface area (Å²) in [6, 6.07) is -0.384. The van der Waals surface area contributed by atoms with E-state index < -0.39 is 6.17 Å². The first-order chi connectivity index (χ1) is 5.11. The summed E-state index contributed by atoms with van der Waals surface area (Å²) < 4.78 is 12.9. The van der Waals surface area contributed by atoms with Crippen molar-refractivity contribution in [3.8, 4) is 0 Å². The van der Waals surface area contributed by atoms with Gasteiger partial charge in [0, 0.05) is 19.5 Å². The topological polar surface area (TPSA) is 46.3 Å². The van der Waals surface area contributed by atoms with Crippen molar-refractivity contribution in [2.45, 2.75) is 25.6 Å². The molecule has 1 fully saturated rings. The first kappa shape index (κ1) is 8.46. The molecule has 11 heavy (non-hydrogen) atoms.